The second-order valence-corrected chi connectivity index (χ2v) is 8.40. The van der Waals surface area contributed by atoms with Gasteiger partial charge in [-0.25, -0.2) is 4.68 Å². The first-order valence-corrected chi connectivity index (χ1v) is 11.1. The van der Waals surface area contributed by atoms with Crippen LogP contribution in [0.5, 0.6) is 5.75 Å². The van der Waals surface area contributed by atoms with Crippen LogP contribution in [-0.2, 0) is 4.79 Å². The fourth-order valence-electron chi connectivity index (χ4n) is 3.41. The summed E-state index contributed by atoms with van der Waals surface area (Å²) in [5, 5.41) is 7.40. The van der Waals surface area contributed by atoms with Crippen molar-refractivity contribution in [1.29, 1.82) is 0 Å². The molecular formula is C23H24N4O3S. The zero-order valence-corrected chi connectivity index (χ0v) is 18.5. The summed E-state index contributed by atoms with van der Waals surface area (Å²) in [5.41, 5.74) is 4.00. The number of thioether (sulfide) groups is 1. The number of nitrogens with zero attached hydrogens (tertiary/aromatic N) is 3. The van der Waals surface area contributed by atoms with Gasteiger partial charge in [-0.05, 0) is 49.2 Å². The highest BCUT2D eigenvalue weighted by atomic mass is 32.2. The van der Waals surface area contributed by atoms with Gasteiger partial charge >= 0.3 is 0 Å². The molecule has 0 aliphatic carbocycles. The number of ether oxygens (including phenoxy) is 1. The van der Waals surface area contributed by atoms with E-state index in [1.807, 2.05) is 62.4 Å². The van der Waals surface area contributed by atoms with Gasteiger partial charge in [0.25, 0.3) is 5.91 Å². The van der Waals surface area contributed by atoms with Gasteiger partial charge in [0.2, 0.25) is 5.91 Å². The topological polar surface area (TPSA) is 76.5 Å². The number of hydrogen-bond acceptors (Lipinski definition) is 5. The number of para-hydroxylation sites is 1. The molecule has 1 aliphatic rings. The number of carbonyl (C=O) groups excluding carboxylic acids is 2. The van der Waals surface area contributed by atoms with E-state index < -0.39 is 6.04 Å². The quantitative estimate of drug-likeness (QED) is 0.661. The van der Waals surface area contributed by atoms with Crippen LogP contribution in [0.3, 0.4) is 0 Å². The van der Waals surface area contributed by atoms with E-state index in [9.17, 15) is 9.59 Å². The summed E-state index contributed by atoms with van der Waals surface area (Å²) >= 11 is 1.54. The monoisotopic (exact) mass is 436 g/mol. The van der Waals surface area contributed by atoms with Crippen LogP contribution < -0.4 is 10.1 Å². The molecule has 3 aromatic rings. The van der Waals surface area contributed by atoms with Crippen molar-refractivity contribution in [2.75, 3.05) is 24.1 Å². The average molecular weight is 437 g/mol. The second-order valence-electron chi connectivity index (χ2n) is 7.41. The minimum absolute atomic E-state index is 0.192. The van der Waals surface area contributed by atoms with Gasteiger partial charge < -0.3 is 15.0 Å². The van der Waals surface area contributed by atoms with Crippen molar-refractivity contribution in [1.82, 2.24) is 14.7 Å². The van der Waals surface area contributed by atoms with Crippen LogP contribution in [0.1, 0.15) is 21.6 Å². The average Bonchev–Trinajstić information content (AvgIpc) is 3.44. The molecule has 4 rings (SSSR count). The Kier molecular flexibility index (Phi) is 5.99. The molecule has 160 valence electrons. The third-order valence-corrected chi connectivity index (χ3v) is 6.36. The Hall–Kier alpha value is -3.26. The van der Waals surface area contributed by atoms with E-state index in [2.05, 4.69) is 10.4 Å². The Morgan fingerprint density at radius 1 is 1.13 bits per heavy atom. The highest BCUT2D eigenvalue weighted by Gasteiger charge is 2.37. The number of aromatic nitrogens is 2. The lowest BCUT2D eigenvalue weighted by atomic mass is 10.1. The minimum atomic E-state index is -0.578. The highest BCUT2D eigenvalue weighted by molar-refractivity contribution is 7.99. The van der Waals surface area contributed by atoms with Crippen LogP contribution in [-0.4, -0.2) is 51.3 Å². The minimum Gasteiger partial charge on any atom is -0.493 e. The number of benzene rings is 2. The van der Waals surface area contributed by atoms with E-state index in [4.69, 9.17) is 4.74 Å². The standard InChI is InChI=1S/C23H24N4O3S/c1-15-9-10-17(11-16(15)2)24-22(28)19-13-31-14-26(19)23(29)21-20(30-3)12-27(25-21)18-7-5-4-6-8-18/h4-12,19H,13-14H2,1-3H3,(H,24,28). The molecule has 7 nitrogen and oxygen atoms in total. The molecule has 1 unspecified atom stereocenters. The van der Waals surface area contributed by atoms with Crippen LogP contribution in [0.2, 0.25) is 0 Å². The molecule has 0 bridgehead atoms. The zero-order valence-electron chi connectivity index (χ0n) is 17.7. The largest absolute Gasteiger partial charge is 0.493 e. The predicted octanol–water partition coefficient (Wildman–Crippen LogP) is 3.65. The summed E-state index contributed by atoms with van der Waals surface area (Å²) in [4.78, 5) is 27.8. The van der Waals surface area contributed by atoms with Crippen molar-refractivity contribution in [3.63, 3.8) is 0 Å². The number of rotatable bonds is 5. The van der Waals surface area contributed by atoms with Crippen molar-refractivity contribution >= 4 is 29.3 Å². The van der Waals surface area contributed by atoms with Crippen molar-refractivity contribution in [3.05, 3.63) is 71.5 Å². The van der Waals surface area contributed by atoms with Crippen LogP contribution in [0.25, 0.3) is 5.69 Å². The van der Waals surface area contributed by atoms with E-state index in [0.717, 1.165) is 22.5 Å². The van der Waals surface area contributed by atoms with Crippen LogP contribution in [0.15, 0.2) is 54.7 Å². The molecule has 2 aromatic carbocycles. The Morgan fingerprint density at radius 2 is 1.90 bits per heavy atom. The summed E-state index contributed by atoms with van der Waals surface area (Å²) in [7, 11) is 1.51. The SMILES string of the molecule is COc1cn(-c2ccccc2)nc1C(=O)N1CSCC1C(=O)Nc1ccc(C)c(C)c1. The molecule has 8 heteroatoms. The summed E-state index contributed by atoms with van der Waals surface area (Å²) < 4.78 is 7.02. The van der Waals surface area contributed by atoms with Crippen molar-refractivity contribution in [3.8, 4) is 11.4 Å². The number of amides is 2. The first-order valence-electron chi connectivity index (χ1n) is 9.94. The molecule has 1 N–H and O–H groups in total. The van der Waals surface area contributed by atoms with E-state index >= 15 is 0 Å². The molecule has 0 saturated carbocycles. The van der Waals surface area contributed by atoms with E-state index in [1.165, 1.54) is 7.11 Å². The number of carbonyl (C=O) groups is 2. The van der Waals surface area contributed by atoms with Gasteiger partial charge in [-0.15, -0.1) is 11.8 Å². The number of aryl methyl sites for hydroxylation is 2. The molecule has 2 amide bonds. The Bertz CT molecular complexity index is 1110. The predicted molar refractivity (Wildman–Crippen MR) is 122 cm³/mol. The van der Waals surface area contributed by atoms with Gasteiger partial charge in [0.05, 0.1) is 24.9 Å². The molecule has 2 heterocycles. The number of nitrogens with one attached hydrogen (secondary N) is 1. The second kappa shape index (κ2) is 8.85. The Labute approximate surface area is 185 Å². The molecule has 0 spiro atoms. The van der Waals surface area contributed by atoms with Crippen LogP contribution in [0.4, 0.5) is 5.69 Å². The van der Waals surface area contributed by atoms with Crippen LogP contribution in [0, 0.1) is 13.8 Å². The first kappa shape index (κ1) is 21.0. The summed E-state index contributed by atoms with van der Waals surface area (Å²) in [5.74, 6) is 0.800. The lowest BCUT2D eigenvalue weighted by Crippen LogP contribution is -2.44. The van der Waals surface area contributed by atoms with Crippen LogP contribution >= 0.6 is 11.8 Å². The van der Waals surface area contributed by atoms with Gasteiger partial charge in [-0.1, -0.05) is 24.3 Å². The normalized spacial score (nSPS) is 15.7. The van der Waals surface area contributed by atoms with Gasteiger partial charge in [-0.3, -0.25) is 9.59 Å². The maximum atomic E-state index is 13.3. The summed E-state index contributed by atoms with van der Waals surface area (Å²) in [6, 6.07) is 14.7. The summed E-state index contributed by atoms with van der Waals surface area (Å²) in [6.07, 6.45) is 1.68. The third-order valence-electron chi connectivity index (χ3n) is 5.34. The van der Waals surface area contributed by atoms with Gasteiger partial charge in [0.15, 0.2) is 11.4 Å². The Balaban J connectivity index is 1.55. The molecule has 1 aromatic heterocycles. The van der Waals surface area contributed by atoms with Crippen molar-refractivity contribution < 1.29 is 14.3 Å². The Morgan fingerprint density at radius 3 is 2.61 bits per heavy atom. The van der Waals surface area contributed by atoms with Crippen molar-refractivity contribution in [2.24, 2.45) is 0 Å². The maximum Gasteiger partial charge on any atom is 0.279 e. The maximum absolute atomic E-state index is 13.3. The fourth-order valence-corrected chi connectivity index (χ4v) is 4.56. The number of methoxy groups -OCH3 is 1. The van der Waals surface area contributed by atoms with Crippen molar-refractivity contribution in [2.45, 2.75) is 19.9 Å². The fraction of sp³-hybridized carbons (Fsp3) is 0.261. The lowest BCUT2D eigenvalue weighted by molar-refractivity contribution is -0.119. The number of anilines is 1. The van der Waals surface area contributed by atoms with E-state index in [1.54, 1.807) is 27.5 Å². The smallest absolute Gasteiger partial charge is 0.279 e. The molecule has 1 aliphatic heterocycles. The molecular weight excluding hydrogens is 412 g/mol. The highest BCUT2D eigenvalue weighted by Crippen LogP contribution is 2.28. The molecule has 1 fully saturated rings. The molecule has 31 heavy (non-hydrogen) atoms. The molecule has 1 saturated heterocycles. The van der Waals surface area contributed by atoms with Gasteiger partial charge in [0, 0.05) is 11.4 Å². The molecule has 0 radical (unpaired) electrons. The lowest BCUT2D eigenvalue weighted by Gasteiger charge is -2.22. The zero-order chi connectivity index (χ0) is 22.0. The van der Waals surface area contributed by atoms with Gasteiger partial charge in [-0.2, -0.15) is 5.10 Å². The molecule has 1 atom stereocenters. The van der Waals surface area contributed by atoms with E-state index in [-0.39, 0.29) is 17.5 Å². The van der Waals surface area contributed by atoms with E-state index in [0.29, 0.717) is 17.4 Å². The summed E-state index contributed by atoms with van der Waals surface area (Å²) in [6.45, 7) is 4.03. The van der Waals surface area contributed by atoms with Gasteiger partial charge in [0.1, 0.15) is 6.04 Å². The first-order chi connectivity index (χ1) is 15.0. The number of hydrogen-bond donors (Lipinski definition) is 1. The third kappa shape index (κ3) is 4.29.